The summed E-state index contributed by atoms with van der Waals surface area (Å²) in [6.07, 6.45) is 6.35. The molecule has 0 radical (unpaired) electrons. The highest BCUT2D eigenvalue weighted by Gasteiger charge is 2.15. The molecule has 9 nitrogen and oxygen atoms in total. The van der Waals surface area contributed by atoms with Gasteiger partial charge in [0.05, 0.1) is 19.4 Å². The third-order valence-corrected chi connectivity index (χ3v) is 5.89. The van der Waals surface area contributed by atoms with Gasteiger partial charge in [0.15, 0.2) is 16.9 Å². The Balaban J connectivity index is 1.45. The van der Waals surface area contributed by atoms with E-state index in [0.717, 1.165) is 17.4 Å². The van der Waals surface area contributed by atoms with Gasteiger partial charge in [0.1, 0.15) is 0 Å². The average Bonchev–Trinajstić information content (AvgIpc) is 3.23. The molecule has 3 rings (SSSR count). The number of ether oxygens (including phenoxy) is 1. The maximum Gasteiger partial charge on any atom is 0.332 e. The summed E-state index contributed by atoms with van der Waals surface area (Å²) < 4.78 is 9.22. The van der Waals surface area contributed by atoms with Gasteiger partial charge in [-0.05, 0) is 24.8 Å². The lowest BCUT2D eigenvalue weighted by Crippen LogP contribution is -2.39. The van der Waals surface area contributed by atoms with Crippen LogP contribution in [0.3, 0.4) is 0 Å². The summed E-state index contributed by atoms with van der Waals surface area (Å²) in [6.45, 7) is 2.33. The van der Waals surface area contributed by atoms with Crippen LogP contribution in [-0.2, 0) is 36.6 Å². The summed E-state index contributed by atoms with van der Waals surface area (Å²) in [4.78, 5) is 53.6. The van der Waals surface area contributed by atoms with Gasteiger partial charge in [0.25, 0.3) is 5.56 Å². The minimum Gasteiger partial charge on any atom is -0.466 e. The Morgan fingerprint density at radius 1 is 1.00 bits per heavy atom. The minimum atomic E-state index is -0.480. The van der Waals surface area contributed by atoms with E-state index in [1.54, 1.807) is 18.7 Å². The summed E-state index contributed by atoms with van der Waals surface area (Å²) >= 11 is 0. The molecule has 0 aliphatic heterocycles. The molecule has 0 bridgehead atoms. The van der Waals surface area contributed by atoms with Crippen molar-refractivity contribution in [2.75, 3.05) is 6.61 Å². The van der Waals surface area contributed by atoms with Crippen LogP contribution in [0, 0.1) is 0 Å². The second-order valence-electron chi connectivity index (χ2n) is 8.48. The summed E-state index contributed by atoms with van der Waals surface area (Å²) in [5.41, 5.74) is 1.58. The first-order chi connectivity index (χ1) is 16.3. The topological polar surface area (TPSA) is 105 Å². The largest absolute Gasteiger partial charge is 0.466 e. The Kier molecular flexibility index (Phi) is 8.56. The molecule has 0 fully saturated rings. The molecular formula is C25H32N4O5. The lowest BCUT2D eigenvalue weighted by molar-refractivity contribution is -0.143. The normalized spacial score (nSPS) is 11.1. The first-order valence-electron chi connectivity index (χ1n) is 11.7. The number of carbonyl (C=O) groups excluding carboxylic acids is 2. The Labute approximate surface area is 198 Å². The Hall–Kier alpha value is -3.49. The van der Waals surface area contributed by atoms with Crippen molar-refractivity contribution in [2.45, 2.75) is 58.4 Å². The number of fused-ring (bicyclic) bond motifs is 1. The third kappa shape index (κ3) is 5.89. The molecule has 0 saturated heterocycles. The van der Waals surface area contributed by atoms with Crippen molar-refractivity contribution in [3.63, 3.8) is 0 Å². The van der Waals surface area contributed by atoms with E-state index in [4.69, 9.17) is 4.74 Å². The number of nitrogens with zero attached hydrogens (tertiary/aromatic N) is 4. The summed E-state index contributed by atoms with van der Waals surface area (Å²) in [5.74, 6) is -0.580. The number of rotatable bonds is 12. The molecule has 1 aromatic carbocycles. The van der Waals surface area contributed by atoms with Crippen LogP contribution >= 0.6 is 0 Å². The Morgan fingerprint density at radius 2 is 1.74 bits per heavy atom. The quantitative estimate of drug-likeness (QED) is 0.230. The number of aryl methyl sites for hydroxylation is 3. The third-order valence-electron chi connectivity index (χ3n) is 5.89. The van der Waals surface area contributed by atoms with E-state index in [1.807, 2.05) is 24.3 Å². The van der Waals surface area contributed by atoms with Crippen molar-refractivity contribution in [3.05, 3.63) is 62.6 Å². The highest BCUT2D eigenvalue weighted by atomic mass is 16.5. The van der Waals surface area contributed by atoms with Crippen molar-refractivity contribution in [3.8, 4) is 0 Å². The molecule has 0 aliphatic carbocycles. The van der Waals surface area contributed by atoms with Gasteiger partial charge >= 0.3 is 11.7 Å². The van der Waals surface area contributed by atoms with Crippen LogP contribution in [0.15, 0.2) is 40.2 Å². The van der Waals surface area contributed by atoms with Gasteiger partial charge in [0, 0.05) is 32.6 Å². The first-order valence-corrected chi connectivity index (χ1v) is 11.7. The molecule has 0 spiro atoms. The van der Waals surface area contributed by atoms with Gasteiger partial charge in [-0.2, -0.15) is 0 Å². The number of benzene rings is 1. The lowest BCUT2D eigenvalue weighted by Gasteiger charge is -2.09. The lowest BCUT2D eigenvalue weighted by atomic mass is 10.0. The zero-order valence-electron chi connectivity index (χ0n) is 20.1. The summed E-state index contributed by atoms with van der Waals surface area (Å²) in [6, 6.07) is 7.56. The van der Waals surface area contributed by atoms with E-state index in [2.05, 4.69) is 11.9 Å². The molecule has 0 saturated carbocycles. The zero-order chi connectivity index (χ0) is 24.7. The fourth-order valence-corrected chi connectivity index (χ4v) is 3.87. The number of Topliss-reactive ketones (excluding diaryl/α,β-unsaturated/α-hetero) is 1. The number of hydrogen-bond acceptors (Lipinski definition) is 6. The second kappa shape index (κ2) is 11.6. The molecule has 3 aromatic rings. The second-order valence-corrected chi connectivity index (χ2v) is 8.48. The number of hydrogen-bond donors (Lipinski definition) is 0. The molecule has 9 heteroatoms. The molecule has 0 amide bonds. The molecule has 0 N–H and O–H groups in total. The fourth-order valence-electron chi connectivity index (χ4n) is 3.87. The van der Waals surface area contributed by atoms with Crippen LogP contribution < -0.4 is 11.2 Å². The number of imidazole rings is 1. The van der Waals surface area contributed by atoms with Crippen molar-refractivity contribution in [1.82, 2.24) is 18.7 Å². The Bertz CT molecular complexity index is 1270. The van der Waals surface area contributed by atoms with Crippen LogP contribution in [0.5, 0.6) is 0 Å². The Morgan fingerprint density at radius 3 is 2.44 bits per heavy atom. The standard InChI is InChI=1S/C25H32N4O5/c1-4-5-6-8-18-9-11-19(12-10-18)20(30)13-14-21(31)34-16-7-15-29-24(32)22-23(26-17-27(22)2)28(3)25(29)33/h9-12,17H,4-8,13-16H2,1-3H3. The van der Waals surface area contributed by atoms with Crippen LogP contribution in [0.4, 0.5) is 0 Å². The maximum atomic E-state index is 12.7. The molecule has 34 heavy (non-hydrogen) atoms. The monoisotopic (exact) mass is 468 g/mol. The molecule has 182 valence electrons. The highest BCUT2D eigenvalue weighted by molar-refractivity contribution is 5.97. The van der Waals surface area contributed by atoms with Crippen molar-refractivity contribution in [1.29, 1.82) is 0 Å². The SMILES string of the molecule is CCCCCc1ccc(C(=O)CCC(=O)OCCCn2c(=O)c3c(ncn3C)n(C)c2=O)cc1. The van der Waals surface area contributed by atoms with Crippen LogP contribution in [-0.4, -0.2) is 37.0 Å². The summed E-state index contributed by atoms with van der Waals surface area (Å²) in [5, 5.41) is 0. The van der Waals surface area contributed by atoms with E-state index in [-0.39, 0.29) is 31.8 Å². The smallest absolute Gasteiger partial charge is 0.332 e. The number of aromatic nitrogens is 4. The van der Waals surface area contributed by atoms with Crippen LogP contribution in [0.25, 0.3) is 11.2 Å². The van der Waals surface area contributed by atoms with Crippen molar-refractivity contribution >= 4 is 22.9 Å². The van der Waals surface area contributed by atoms with Gasteiger partial charge in [-0.25, -0.2) is 9.78 Å². The molecular weight excluding hydrogens is 436 g/mol. The zero-order valence-corrected chi connectivity index (χ0v) is 20.1. The molecule has 0 unspecified atom stereocenters. The predicted octanol–water partition coefficient (Wildman–Crippen LogP) is 2.76. The number of unbranched alkanes of at least 4 members (excludes halogenated alkanes) is 2. The van der Waals surface area contributed by atoms with Gasteiger partial charge < -0.3 is 9.30 Å². The van der Waals surface area contributed by atoms with E-state index < -0.39 is 17.2 Å². The average molecular weight is 469 g/mol. The number of esters is 1. The van der Waals surface area contributed by atoms with Gasteiger partial charge in [-0.15, -0.1) is 0 Å². The molecule has 2 aromatic heterocycles. The number of ketones is 1. The van der Waals surface area contributed by atoms with Gasteiger partial charge in [-0.3, -0.25) is 23.5 Å². The highest BCUT2D eigenvalue weighted by Crippen LogP contribution is 2.12. The minimum absolute atomic E-state index is 0.0141. The summed E-state index contributed by atoms with van der Waals surface area (Å²) in [7, 11) is 3.25. The van der Waals surface area contributed by atoms with Crippen LogP contribution in [0.2, 0.25) is 0 Å². The van der Waals surface area contributed by atoms with E-state index in [9.17, 15) is 19.2 Å². The van der Waals surface area contributed by atoms with E-state index >= 15 is 0 Å². The fraction of sp³-hybridized carbons (Fsp3) is 0.480. The van der Waals surface area contributed by atoms with E-state index in [0.29, 0.717) is 23.1 Å². The first kappa shape index (κ1) is 25.1. The molecule has 0 aliphatic rings. The maximum absolute atomic E-state index is 12.7. The van der Waals surface area contributed by atoms with Crippen molar-refractivity contribution in [2.24, 2.45) is 14.1 Å². The van der Waals surface area contributed by atoms with Gasteiger partial charge in [-0.1, -0.05) is 44.0 Å². The molecule has 2 heterocycles. The van der Waals surface area contributed by atoms with Crippen LogP contribution in [0.1, 0.15) is 61.4 Å². The van der Waals surface area contributed by atoms with E-state index in [1.165, 1.54) is 29.3 Å². The number of carbonyl (C=O) groups is 2. The van der Waals surface area contributed by atoms with Crippen molar-refractivity contribution < 1.29 is 14.3 Å². The molecule has 0 atom stereocenters. The predicted molar refractivity (Wildman–Crippen MR) is 129 cm³/mol. The van der Waals surface area contributed by atoms with Gasteiger partial charge in [0.2, 0.25) is 0 Å².